The lowest BCUT2D eigenvalue weighted by Crippen LogP contribution is -1.98. The lowest BCUT2D eigenvalue weighted by Gasteiger charge is -2.08. The maximum atomic E-state index is 13.5. The minimum Gasteiger partial charge on any atom is -0.375 e. The first-order chi connectivity index (χ1) is 8.49. The molecule has 2 nitrogen and oxygen atoms in total. The van der Waals surface area contributed by atoms with E-state index in [2.05, 4.69) is 18.8 Å². The van der Waals surface area contributed by atoms with Crippen molar-refractivity contribution in [1.29, 1.82) is 0 Å². The molecule has 0 saturated heterocycles. The number of benzene rings is 1. The highest BCUT2D eigenvalue weighted by Gasteiger charge is 2.14. The molecule has 0 atom stereocenters. The van der Waals surface area contributed by atoms with Crippen molar-refractivity contribution < 1.29 is 4.39 Å². The summed E-state index contributed by atoms with van der Waals surface area (Å²) in [6.45, 7) is 6.00. The number of hydrogen-bond acceptors (Lipinski definition) is 3. The van der Waals surface area contributed by atoms with E-state index in [4.69, 9.17) is 5.73 Å². The van der Waals surface area contributed by atoms with Gasteiger partial charge in [-0.3, -0.25) is 0 Å². The lowest BCUT2D eigenvalue weighted by molar-refractivity contribution is 0.616. The van der Waals surface area contributed by atoms with E-state index >= 15 is 0 Å². The van der Waals surface area contributed by atoms with Crippen molar-refractivity contribution in [3.05, 3.63) is 45.7 Å². The van der Waals surface area contributed by atoms with Gasteiger partial charge in [-0.2, -0.15) is 0 Å². The number of nitrogens with zero attached hydrogens (tertiary/aromatic N) is 1. The molecule has 1 aromatic carbocycles. The van der Waals surface area contributed by atoms with Crippen molar-refractivity contribution in [2.75, 3.05) is 5.73 Å². The van der Waals surface area contributed by atoms with Gasteiger partial charge in [0.1, 0.15) is 5.82 Å². The third-order valence-electron chi connectivity index (χ3n) is 3.02. The van der Waals surface area contributed by atoms with E-state index in [1.54, 1.807) is 6.07 Å². The summed E-state index contributed by atoms with van der Waals surface area (Å²) in [6, 6.07) is 5.19. The maximum absolute atomic E-state index is 13.5. The first-order valence-corrected chi connectivity index (χ1v) is 6.79. The molecular weight excluding hydrogens is 247 g/mol. The smallest absolute Gasteiger partial charge is 0.180 e. The molecular formula is C14H17FN2S. The van der Waals surface area contributed by atoms with Crippen molar-refractivity contribution in [3.8, 4) is 0 Å². The summed E-state index contributed by atoms with van der Waals surface area (Å²) < 4.78 is 13.5. The van der Waals surface area contributed by atoms with Crippen molar-refractivity contribution in [2.45, 2.75) is 33.1 Å². The van der Waals surface area contributed by atoms with Gasteiger partial charge in [0.25, 0.3) is 0 Å². The molecule has 0 saturated carbocycles. The number of rotatable bonds is 3. The molecule has 0 aliphatic rings. The quantitative estimate of drug-likeness (QED) is 0.913. The molecule has 96 valence electrons. The van der Waals surface area contributed by atoms with E-state index in [0.29, 0.717) is 23.0 Å². The number of nitrogens with two attached hydrogens (primary N) is 1. The molecule has 0 aliphatic heterocycles. The molecule has 0 unspecified atom stereocenters. The molecule has 18 heavy (non-hydrogen) atoms. The fraction of sp³-hybridized carbons (Fsp3) is 0.357. The minimum atomic E-state index is -0.156. The van der Waals surface area contributed by atoms with Gasteiger partial charge in [-0.15, -0.1) is 11.3 Å². The van der Waals surface area contributed by atoms with Gasteiger partial charge in [-0.25, -0.2) is 9.37 Å². The Morgan fingerprint density at radius 3 is 2.78 bits per heavy atom. The first kappa shape index (κ1) is 13.0. The molecule has 0 radical (unpaired) electrons. The summed E-state index contributed by atoms with van der Waals surface area (Å²) in [6.07, 6.45) is 0.700. The summed E-state index contributed by atoms with van der Waals surface area (Å²) in [4.78, 5) is 5.50. The number of halogens is 1. The second-order valence-corrected chi connectivity index (χ2v) is 5.83. The van der Waals surface area contributed by atoms with Crippen LogP contribution < -0.4 is 5.73 Å². The average Bonchev–Trinajstić information content (AvgIpc) is 2.66. The first-order valence-electron chi connectivity index (χ1n) is 5.98. The van der Waals surface area contributed by atoms with Gasteiger partial charge in [0.05, 0.1) is 5.69 Å². The topological polar surface area (TPSA) is 38.9 Å². The van der Waals surface area contributed by atoms with Gasteiger partial charge in [0, 0.05) is 11.3 Å². The number of aromatic nitrogens is 1. The van der Waals surface area contributed by atoms with Crippen LogP contribution in [0, 0.1) is 12.7 Å². The molecule has 4 heteroatoms. The molecule has 1 heterocycles. The van der Waals surface area contributed by atoms with Gasteiger partial charge in [0.15, 0.2) is 5.13 Å². The van der Waals surface area contributed by atoms with Crippen LogP contribution in [0.2, 0.25) is 0 Å². The van der Waals surface area contributed by atoms with Crippen molar-refractivity contribution in [2.24, 2.45) is 0 Å². The Kier molecular flexibility index (Phi) is 3.66. The van der Waals surface area contributed by atoms with E-state index in [-0.39, 0.29) is 5.82 Å². The van der Waals surface area contributed by atoms with E-state index in [0.717, 1.165) is 16.1 Å². The predicted octanol–water partition coefficient (Wildman–Crippen LogP) is 3.89. The fourth-order valence-corrected chi connectivity index (χ4v) is 2.99. The third kappa shape index (κ3) is 2.53. The van der Waals surface area contributed by atoms with E-state index in [9.17, 15) is 4.39 Å². The zero-order valence-corrected chi connectivity index (χ0v) is 11.6. The molecule has 0 fully saturated rings. The second kappa shape index (κ2) is 5.06. The van der Waals surface area contributed by atoms with Crippen LogP contribution in [-0.2, 0) is 6.42 Å². The number of hydrogen-bond donors (Lipinski definition) is 1. The Morgan fingerprint density at radius 2 is 2.11 bits per heavy atom. The standard InChI is InChI=1S/C14H17FN2S/c1-8(2)13-12(18-14(16)17-13)7-10-5-4-6-11(15)9(10)3/h4-6,8H,7H2,1-3H3,(H2,16,17). The molecule has 0 spiro atoms. The Morgan fingerprint density at radius 1 is 1.39 bits per heavy atom. The predicted molar refractivity (Wildman–Crippen MR) is 74.6 cm³/mol. The molecule has 0 bridgehead atoms. The summed E-state index contributed by atoms with van der Waals surface area (Å²) in [5, 5.41) is 0.586. The normalized spacial score (nSPS) is 11.2. The van der Waals surface area contributed by atoms with Crippen molar-refractivity contribution in [3.63, 3.8) is 0 Å². The van der Waals surface area contributed by atoms with Crippen molar-refractivity contribution >= 4 is 16.5 Å². The summed E-state index contributed by atoms with van der Waals surface area (Å²) in [7, 11) is 0. The molecule has 2 rings (SSSR count). The summed E-state index contributed by atoms with van der Waals surface area (Å²) >= 11 is 1.50. The van der Waals surface area contributed by atoms with E-state index < -0.39 is 0 Å². The molecule has 0 amide bonds. The third-order valence-corrected chi connectivity index (χ3v) is 3.92. The Labute approximate surface area is 111 Å². The van der Waals surface area contributed by atoms with E-state index in [1.165, 1.54) is 17.4 Å². The summed E-state index contributed by atoms with van der Waals surface area (Å²) in [5.41, 5.74) is 8.51. The van der Waals surface area contributed by atoms with Crippen LogP contribution in [0.5, 0.6) is 0 Å². The highest BCUT2D eigenvalue weighted by molar-refractivity contribution is 7.15. The van der Waals surface area contributed by atoms with Crippen LogP contribution >= 0.6 is 11.3 Å². The maximum Gasteiger partial charge on any atom is 0.180 e. The Hall–Kier alpha value is -1.42. The Bertz CT molecular complexity index is 561. The van der Waals surface area contributed by atoms with Crippen LogP contribution in [0.3, 0.4) is 0 Å². The zero-order chi connectivity index (χ0) is 13.3. The summed E-state index contributed by atoms with van der Waals surface area (Å²) in [5.74, 6) is 0.179. The highest BCUT2D eigenvalue weighted by Crippen LogP contribution is 2.29. The van der Waals surface area contributed by atoms with Gasteiger partial charge >= 0.3 is 0 Å². The van der Waals surface area contributed by atoms with Gasteiger partial charge in [-0.05, 0) is 30.0 Å². The molecule has 2 N–H and O–H groups in total. The lowest BCUT2D eigenvalue weighted by atomic mass is 10.0. The number of nitrogen functional groups attached to an aromatic ring is 1. The largest absolute Gasteiger partial charge is 0.375 e. The van der Waals surface area contributed by atoms with Crippen LogP contribution in [-0.4, -0.2) is 4.98 Å². The highest BCUT2D eigenvalue weighted by atomic mass is 32.1. The van der Waals surface area contributed by atoms with Crippen molar-refractivity contribution in [1.82, 2.24) is 4.98 Å². The fourth-order valence-electron chi connectivity index (χ4n) is 1.98. The van der Waals surface area contributed by atoms with Crippen LogP contribution in [0.25, 0.3) is 0 Å². The van der Waals surface area contributed by atoms with Gasteiger partial charge in [-0.1, -0.05) is 26.0 Å². The Balaban J connectivity index is 2.37. The van der Waals surface area contributed by atoms with Crippen LogP contribution in [0.15, 0.2) is 18.2 Å². The molecule has 1 aromatic heterocycles. The monoisotopic (exact) mass is 264 g/mol. The second-order valence-electron chi connectivity index (χ2n) is 4.72. The zero-order valence-electron chi connectivity index (χ0n) is 10.8. The number of thiazole rings is 1. The van der Waals surface area contributed by atoms with E-state index in [1.807, 2.05) is 13.0 Å². The molecule has 0 aliphatic carbocycles. The SMILES string of the molecule is Cc1c(F)cccc1Cc1sc(N)nc1C(C)C. The van der Waals surface area contributed by atoms with Gasteiger partial charge < -0.3 is 5.73 Å². The minimum absolute atomic E-state index is 0.156. The van der Waals surface area contributed by atoms with Crippen LogP contribution in [0.1, 0.15) is 41.5 Å². The molecule has 2 aromatic rings. The van der Waals surface area contributed by atoms with Crippen LogP contribution in [0.4, 0.5) is 9.52 Å². The average molecular weight is 264 g/mol. The number of anilines is 1. The van der Waals surface area contributed by atoms with Gasteiger partial charge in [0.2, 0.25) is 0 Å².